The maximum Gasteiger partial charge on any atom is 0.0823 e. The number of aromatic nitrogens is 2. The Labute approximate surface area is 253 Å². The van der Waals surface area contributed by atoms with E-state index < -0.39 is 0 Å². The molecule has 0 unspecified atom stereocenters. The molecule has 0 spiro atoms. The van der Waals surface area contributed by atoms with Crippen LogP contribution in [0.2, 0.25) is 0 Å². The first kappa shape index (κ1) is 26.2. The molecule has 0 saturated heterocycles. The van der Waals surface area contributed by atoms with Crippen LogP contribution in [-0.2, 0) is 0 Å². The van der Waals surface area contributed by atoms with Gasteiger partial charge in [-0.05, 0) is 98.5 Å². The van der Waals surface area contributed by atoms with E-state index in [1.165, 1.54) is 87.6 Å². The minimum Gasteiger partial charge on any atom is -0.308 e. The van der Waals surface area contributed by atoms with Gasteiger partial charge < -0.3 is 4.40 Å². The van der Waals surface area contributed by atoms with Gasteiger partial charge in [-0.2, -0.15) is 0 Å². The SMILES string of the molecule is Cc1c2ccccc2cc2c3nccc4cc(-c5c(C(C)C)cc(C(C)C)cc5C(C)C)c5c6ccccc6n(c12)c5c43. The summed E-state index contributed by atoms with van der Waals surface area (Å²) < 4.78 is 2.56. The summed E-state index contributed by atoms with van der Waals surface area (Å²) in [6.45, 7) is 16.3. The normalized spacial score (nSPS) is 12.7. The summed E-state index contributed by atoms with van der Waals surface area (Å²) in [5.74, 6) is 1.29. The van der Waals surface area contributed by atoms with E-state index in [-0.39, 0.29) is 0 Å². The fraction of sp³-hybridized carbons (Fsp3) is 0.244. The summed E-state index contributed by atoms with van der Waals surface area (Å²) >= 11 is 0. The molecular formula is C41H38N2. The lowest BCUT2D eigenvalue weighted by molar-refractivity contribution is 0.808. The lowest BCUT2D eigenvalue weighted by Gasteiger charge is -2.24. The van der Waals surface area contributed by atoms with Crippen LogP contribution in [-0.4, -0.2) is 9.38 Å². The summed E-state index contributed by atoms with van der Waals surface area (Å²) in [7, 11) is 0. The first-order valence-electron chi connectivity index (χ1n) is 15.8. The van der Waals surface area contributed by atoms with Crippen molar-refractivity contribution >= 4 is 59.8 Å². The Kier molecular flexibility index (Phi) is 5.66. The van der Waals surface area contributed by atoms with Crippen molar-refractivity contribution in [3.63, 3.8) is 0 Å². The number of rotatable bonds is 4. The summed E-state index contributed by atoms with van der Waals surface area (Å²) in [5.41, 5.74) is 13.3. The highest BCUT2D eigenvalue weighted by atomic mass is 14.9. The molecule has 3 aromatic heterocycles. The van der Waals surface area contributed by atoms with E-state index in [0.29, 0.717) is 17.8 Å². The molecule has 2 nitrogen and oxygen atoms in total. The molecule has 0 aliphatic rings. The maximum atomic E-state index is 5.09. The van der Waals surface area contributed by atoms with Gasteiger partial charge in [0.1, 0.15) is 0 Å². The summed E-state index contributed by atoms with van der Waals surface area (Å²) in [6.07, 6.45) is 2.01. The Balaban J connectivity index is 1.68. The third kappa shape index (κ3) is 3.56. The number of fused-ring (bicyclic) bond motifs is 7. The van der Waals surface area contributed by atoms with Gasteiger partial charge in [-0.3, -0.25) is 4.98 Å². The molecule has 0 bridgehead atoms. The largest absolute Gasteiger partial charge is 0.308 e. The summed E-state index contributed by atoms with van der Waals surface area (Å²) in [6, 6.07) is 29.8. The first-order chi connectivity index (χ1) is 20.8. The Morgan fingerprint density at radius 2 is 1.28 bits per heavy atom. The molecule has 0 N–H and O–H groups in total. The van der Waals surface area contributed by atoms with Crippen molar-refractivity contribution < 1.29 is 0 Å². The molecule has 5 aromatic carbocycles. The number of benzene rings is 5. The minimum absolute atomic E-state index is 0.403. The van der Waals surface area contributed by atoms with Crippen molar-refractivity contribution in [2.24, 2.45) is 0 Å². The third-order valence-corrected chi connectivity index (χ3v) is 9.82. The molecule has 0 aliphatic heterocycles. The smallest absolute Gasteiger partial charge is 0.0823 e. The van der Waals surface area contributed by atoms with Gasteiger partial charge in [-0.1, -0.05) is 96.1 Å². The van der Waals surface area contributed by atoms with Crippen LogP contribution in [0, 0.1) is 6.92 Å². The van der Waals surface area contributed by atoms with Crippen molar-refractivity contribution in [3.05, 3.63) is 107 Å². The standard InChI is InChI=1S/C41H38N2/c1-22(2)28-20-31(23(3)4)37(32(21-28)24(5)6)33-19-27-16-17-42-39-34-18-26-12-8-9-13-29(26)25(7)40(34)43-35-15-11-10-14-30(35)38(33)41(43)36(27)39/h8-24H,1-7H3. The highest BCUT2D eigenvalue weighted by molar-refractivity contribution is 6.32. The Hall–Kier alpha value is -4.43. The van der Waals surface area contributed by atoms with Gasteiger partial charge in [0.15, 0.2) is 0 Å². The number of para-hydroxylation sites is 1. The molecule has 0 radical (unpaired) electrons. The summed E-state index contributed by atoms with van der Waals surface area (Å²) in [5, 5.41) is 8.95. The maximum absolute atomic E-state index is 5.09. The van der Waals surface area contributed by atoms with Crippen LogP contribution in [0.4, 0.5) is 0 Å². The van der Waals surface area contributed by atoms with Crippen molar-refractivity contribution in [1.82, 2.24) is 9.38 Å². The van der Waals surface area contributed by atoms with Crippen LogP contribution < -0.4 is 0 Å². The van der Waals surface area contributed by atoms with Gasteiger partial charge in [0.2, 0.25) is 0 Å². The zero-order valence-electron chi connectivity index (χ0n) is 26.2. The van der Waals surface area contributed by atoms with Crippen LogP contribution in [0.15, 0.2) is 85.1 Å². The number of nitrogens with zero attached hydrogens (tertiary/aromatic N) is 2. The predicted molar refractivity (Wildman–Crippen MR) is 186 cm³/mol. The van der Waals surface area contributed by atoms with Crippen molar-refractivity contribution in [2.75, 3.05) is 0 Å². The van der Waals surface area contributed by atoms with Gasteiger partial charge in [-0.25, -0.2) is 0 Å². The fourth-order valence-electron chi connectivity index (χ4n) is 7.71. The van der Waals surface area contributed by atoms with E-state index in [2.05, 4.69) is 132 Å². The van der Waals surface area contributed by atoms with E-state index in [1.54, 1.807) is 0 Å². The van der Waals surface area contributed by atoms with Crippen LogP contribution >= 0.6 is 0 Å². The average molecular weight is 559 g/mol. The Morgan fingerprint density at radius 1 is 0.605 bits per heavy atom. The Bertz CT molecular complexity index is 2350. The van der Waals surface area contributed by atoms with E-state index in [4.69, 9.17) is 4.98 Å². The second-order valence-corrected chi connectivity index (χ2v) is 13.4. The van der Waals surface area contributed by atoms with Gasteiger partial charge in [-0.15, -0.1) is 0 Å². The molecule has 8 aromatic rings. The molecule has 0 aliphatic carbocycles. The number of hydrogen-bond donors (Lipinski definition) is 0. The van der Waals surface area contributed by atoms with Gasteiger partial charge in [0.25, 0.3) is 0 Å². The lowest BCUT2D eigenvalue weighted by Crippen LogP contribution is -2.04. The highest BCUT2D eigenvalue weighted by Gasteiger charge is 2.26. The summed E-state index contributed by atoms with van der Waals surface area (Å²) in [4.78, 5) is 5.09. The molecule has 43 heavy (non-hydrogen) atoms. The van der Waals surface area contributed by atoms with Crippen molar-refractivity contribution in [2.45, 2.75) is 66.2 Å². The monoisotopic (exact) mass is 558 g/mol. The third-order valence-electron chi connectivity index (χ3n) is 9.82. The van der Waals surface area contributed by atoms with Gasteiger partial charge in [0.05, 0.1) is 22.1 Å². The van der Waals surface area contributed by atoms with E-state index in [1.807, 2.05) is 6.20 Å². The second-order valence-electron chi connectivity index (χ2n) is 13.4. The quantitative estimate of drug-likeness (QED) is 0.155. The zero-order chi connectivity index (χ0) is 29.7. The van der Waals surface area contributed by atoms with Crippen LogP contribution in [0.25, 0.3) is 70.9 Å². The van der Waals surface area contributed by atoms with Crippen LogP contribution in [0.3, 0.4) is 0 Å². The molecule has 0 atom stereocenters. The molecule has 0 amide bonds. The van der Waals surface area contributed by atoms with E-state index >= 15 is 0 Å². The molecule has 2 heteroatoms. The molecule has 0 saturated carbocycles. The second kappa shape index (κ2) is 9.28. The average Bonchev–Trinajstić information content (AvgIpc) is 3.35. The van der Waals surface area contributed by atoms with E-state index in [9.17, 15) is 0 Å². The van der Waals surface area contributed by atoms with Crippen LogP contribution in [0.5, 0.6) is 0 Å². The topological polar surface area (TPSA) is 17.3 Å². The minimum atomic E-state index is 0.403. The fourth-order valence-corrected chi connectivity index (χ4v) is 7.71. The highest BCUT2D eigenvalue weighted by Crippen LogP contribution is 2.49. The van der Waals surface area contributed by atoms with Gasteiger partial charge >= 0.3 is 0 Å². The first-order valence-corrected chi connectivity index (χ1v) is 15.8. The zero-order valence-corrected chi connectivity index (χ0v) is 26.2. The Morgan fingerprint density at radius 3 is 1.98 bits per heavy atom. The number of aryl methyl sites for hydroxylation is 1. The van der Waals surface area contributed by atoms with Gasteiger partial charge in [0, 0.05) is 27.7 Å². The molecule has 212 valence electrons. The van der Waals surface area contributed by atoms with Crippen LogP contribution in [0.1, 0.15) is 81.5 Å². The molecule has 8 rings (SSSR count). The molecule has 3 heterocycles. The lowest BCUT2D eigenvalue weighted by atomic mass is 9.80. The van der Waals surface area contributed by atoms with Crippen molar-refractivity contribution in [3.8, 4) is 11.1 Å². The molecular weight excluding hydrogens is 520 g/mol. The number of pyridine rings is 2. The predicted octanol–water partition coefficient (Wildman–Crippen LogP) is 11.9. The molecule has 0 fully saturated rings. The number of hydrogen-bond acceptors (Lipinski definition) is 1. The van der Waals surface area contributed by atoms with E-state index in [0.717, 1.165) is 5.52 Å². The van der Waals surface area contributed by atoms with Crippen molar-refractivity contribution in [1.29, 1.82) is 0 Å².